The summed E-state index contributed by atoms with van der Waals surface area (Å²) in [7, 11) is 1.54. The Labute approximate surface area is 110 Å². The van der Waals surface area contributed by atoms with Crippen molar-refractivity contribution in [3.8, 4) is 11.3 Å². The van der Waals surface area contributed by atoms with E-state index in [2.05, 4.69) is 4.98 Å². The van der Waals surface area contributed by atoms with E-state index < -0.39 is 11.6 Å². The standard InChI is InChI=1S/C14H15N3O2/c1-8-4-5-9(2)10(6-8)12-11(13(15)18)7-17(3)14(19)16-12/h4-7H,1-3H3,(H2,15,18). The molecule has 1 heterocycles. The predicted octanol–water partition coefficient (Wildman–Crippen LogP) is 1.16. The summed E-state index contributed by atoms with van der Waals surface area (Å²) in [6, 6.07) is 5.78. The summed E-state index contributed by atoms with van der Waals surface area (Å²) in [4.78, 5) is 27.2. The van der Waals surface area contributed by atoms with E-state index in [4.69, 9.17) is 5.73 Å². The average molecular weight is 257 g/mol. The van der Waals surface area contributed by atoms with Gasteiger partial charge >= 0.3 is 5.69 Å². The second-order valence-electron chi connectivity index (χ2n) is 4.58. The van der Waals surface area contributed by atoms with E-state index in [1.807, 2.05) is 32.0 Å². The molecular formula is C14H15N3O2. The minimum atomic E-state index is -0.598. The SMILES string of the molecule is Cc1ccc(C)c(-c2nc(=O)n(C)cc2C(N)=O)c1. The molecule has 98 valence electrons. The summed E-state index contributed by atoms with van der Waals surface area (Å²) >= 11 is 0. The van der Waals surface area contributed by atoms with Crippen LogP contribution < -0.4 is 11.4 Å². The van der Waals surface area contributed by atoms with Crippen molar-refractivity contribution in [3.63, 3.8) is 0 Å². The number of rotatable bonds is 2. The van der Waals surface area contributed by atoms with E-state index in [1.165, 1.54) is 17.8 Å². The number of aryl methyl sites for hydroxylation is 3. The Kier molecular flexibility index (Phi) is 3.21. The van der Waals surface area contributed by atoms with Crippen LogP contribution in [0.2, 0.25) is 0 Å². The Morgan fingerprint density at radius 2 is 2.00 bits per heavy atom. The quantitative estimate of drug-likeness (QED) is 0.877. The third-order valence-electron chi connectivity index (χ3n) is 3.00. The van der Waals surface area contributed by atoms with E-state index in [1.54, 1.807) is 0 Å². The van der Waals surface area contributed by atoms with Crippen molar-refractivity contribution in [2.24, 2.45) is 12.8 Å². The maximum absolute atomic E-state index is 11.7. The molecule has 0 aliphatic carbocycles. The minimum absolute atomic E-state index is 0.246. The Hall–Kier alpha value is -2.43. The first kappa shape index (κ1) is 13.0. The van der Waals surface area contributed by atoms with Crippen molar-refractivity contribution >= 4 is 5.91 Å². The van der Waals surface area contributed by atoms with Gasteiger partial charge in [-0.1, -0.05) is 17.7 Å². The molecule has 0 saturated carbocycles. The highest BCUT2D eigenvalue weighted by Gasteiger charge is 2.15. The van der Waals surface area contributed by atoms with Crippen LogP contribution in [-0.4, -0.2) is 15.5 Å². The van der Waals surface area contributed by atoms with Crippen molar-refractivity contribution < 1.29 is 4.79 Å². The molecule has 0 spiro atoms. The topological polar surface area (TPSA) is 78.0 Å². The summed E-state index contributed by atoms with van der Waals surface area (Å²) in [5, 5.41) is 0. The number of nitrogens with two attached hydrogens (primary N) is 1. The van der Waals surface area contributed by atoms with Gasteiger partial charge in [-0.15, -0.1) is 0 Å². The minimum Gasteiger partial charge on any atom is -0.365 e. The zero-order chi connectivity index (χ0) is 14.2. The molecule has 1 amide bonds. The number of carbonyl (C=O) groups is 1. The summed E-state index contributed by atoms with van der Waals surface area (Å²) in [6.45, 7) is 3.84. The molecule has 5 heteroatoms. The van der Waals surface area contributed by atoms with Crippen LogP contribution >= 0.6 is 0 Å². The van der Waals surface area contributed by atoms with Gasteiger partial charge in [0.25, 0.3) is 5.91 Å². The molecule has 1 aromatic heterocycles. The normalized spacial score (nSPS) is 10.5. The van der Waals surface area contributed by atoms with E-state index in [9.17, 15) is 9.59 Å². The number of nitrogens with zero attached hydrogens (tertiary/aromatic N) is 2. The fraction of sp³-hybridized carbons (Fsp3) is 0.214. The van der Waals surface area contributed by atoms with E-state index in [0.29, 0.717) is 5.69 Å². The van der Waals surface area contributed by atoms with Gasteiger partial charge in [-0.25, -0.2) is 4.79 Å². The lowest BCUT2D eigenvalue weighted by Crippen LogP contribution is -2.25. The maximum atomic E-state index is 11.7. The zero-order valence-electron chi connectivity index (χ0n) is 11.1. The molecule has 1 aromatic carbocycles. The highest BCUT2D eigenvalue weighted by Crippen LogP contribution is 2.24. The van der Waals surface area contributed by atoms with Crippen LogP contribution in [0.5, 0.6) is 0 Å². The number of carbonyl (C=O) groups excluding carboxylic acids is 1. The second kappa shape index (κ2) is 4.68. The number of aromatic nitrogens is 2. The van der Waals surface area contributed by atoms with Crippen LogP contribution in [0.3, 0.4) is 0 Å². The molecule has 2 aromatic rings. The van der Waals surface area contributed by atoms with Gasteiger partial charge in [0.15, 0.2) is 0 Å². The van der Waals surface area contributed by atoms with Gasteiger partial charge in [-0.2, -0.15) is 4.98 Å². The lowest BCUT2D eigenvalue weighted by Gasteiger charge is -2.10. The summed E-state index contributed by atoms with van der Waals surface area (Å²) < 4.78 is 1.24. The largest absolute Gasteiger partial charge is 0.365 e. The van der Waals surface area contributed by atoms with Crippen LogP contribution in [0.15, 0.2) is 29.2 Å². The summed E-state index contributed by atoms with van der Waals surface area (Å²) in [5.41, 5.74) is 8.26. The smallest absolute Gasteiger partial charge is 0.347 e. The number of hydrogen-bond acceptors (Lipinski definition) is 3. The van der Waals surface area contributed by atoms with Crippen LogP contribution in [0, 0.1) is 13.8 Å². The fourth-order valence-electron chi connectivity index (χ4n) is 1.92. The average Bonchev–Trinajstić information content (AvgIpc) is 2.35. The first-order valence-electron chi connectivity index (χ1n) is 5.85. The zero-order valence-corrected chi connectivity index (χ0v) is 11.1. The molecule has 0 fully saturated rings. The predicted molar refractivity (Wildman–Crippen MR) is 72.9 cm³/mol. The van der Waals surface area contributed by atoms with Crippen LogP contribution in [-0.2, 0) is 7.05 Å². The van der Waals surface area contributed by atoms with Gasteiger partial charge in [-0.05, 0) is 25.5 Å². The Bertz CT molecular complexity index is 717. The lowest BCUT2D eigenvalue weighted by molar-refractivity contribution is 0.1000. The van der Waals surface area contributed by atoms with Crippen molar-refractivity contribution in [3.05, 3.63) is 51.6 Å². The molecule has 0 aliphatic rings. The third kappa shape index (κ3) is 2.40. The Morgan fingerprint density at radius 3 is 2.63 bits per heavy atom. The third-order valence-corrected chi connectivity index (χ3v) is 3.00. The van der Waals surface area contributed by atoms with E-state index >= 15 is 0 Å². The van der Waals surface area contributed by atoms with Crippen LogP contribution in [0.1, 0.15) is 21.5 Å². The van der Waals surface area contributed by atoms with Crippen molar-refractivity contribution in [1.82, 2.24) is 9.55 Å². The van der Waals surface area contributed by atoms with Gasteiger partial charge < -0.3 is 10.3 Å². The molecule has 0 radical (unpaired) electrons. The fourth-order valence-corrected chi connectivity index (χ4v) is 1.92. The number of primary amides is 1. The molecule has 0 atom stereocenters. The number of amides is 1. The van der Waals surface area contributed by atoms with Gasteiger partial charge in [0.1, 0.15) is 0 Å². The maximum Gasteiger partial charge on any atom is 0.347 e. The summed E-state index contributed by atoms with van der Waals surface area (Å²) in [5.74, 6) is -0.598. The molecule has 0 aliphatic heterocycles. The van der Waals surface area contributed by atoms with Gasteiger partial charge in [0.05, 0.1) is 11.3 Å². The van der Waals surface area contributed by atoms with E-state index in [-0.39, 0.29) is 5.56 Å². The van der Waals surface area contributed by atoms with Crippen LogP contribution in [0.25, 0.3) is 11.3 Å². The van der Waals surface area contributed by atoms with Crippen molar-refractivity contribution in [2.75, 3.05) is 0 Å². The highest BCUT2D eigenvalue weighted by molar-refractivity contribution is 5.98. The van der Waals surface area contributed by atoms with Crippen molar-refractivity contribution in [1.29, 1.82) is 0 Å². The second-order valence-corrected chi connectivity index (χ2v) is 4.58. The van der Waals surface area contributed by atoms with E-state index in [0.717, 1.165) is 16.7 Å². The van der Waals surface area contributed by atoms with Gasteiger partial charge in [-0.3, -0.25) is 4.79 Å². The first-order chi connectivity index (χ1) is 8.90. The molecule has 19 heavy (non-hydrogen) atoms. The Balaban J connectivity index is 2.81. The highest BCUT2D eigenvalue weighted by atomic mass is 16.1. The summed E-state index contributed by atoms with van der Waals surface area (Å²) in [6.07, 6.45) is 1.43. The van der Waals surface area contributed by atoms with Crippen molar-refractivity contribution in [2.45, 2.75) is 13.8 Å². The molecule has 2 N–H and O–H groups in total. The number of hydrogen-bond donors (Lipinski definition) is 1. The first-order valence-corrected chi connectivity index (χ1v) is 5.85. The molecule has 0 unspecified atom stereocenters. The monoisotopic (exact) mass is 257 g/mol. The van der Waals surface area contributed by atoms with Gasteiger partial charge in [0, 0.05) is 18.8 Å². The molecule has 2 rings (SSSR count). The lowest BCUT2D eigenvalue weighted by atomic mass is 9.99. The van der Waals surface area contributed by atoms with Gasteiger partial charge in [0.2, 0.25) is 0 Å². The Morgan fingerprint density at radius 1 is 1.32 bits per heavy atom. The van der Waals surface area contributed by atoms with Crippen LogP contribution in [0.4, 0.5) is 0 Å². The molecule has 5 nitrogen and oxygen atoms in total. The number of benzene rings is 1. The molecule has 0 saturated heterocycles. The molecule has 0 bridgehead atoms. The molecular weight excluding hydrogens is 242 g/mol.